The predicted octanol–water partition coefficient (Wildman–Crippen LogP) is 3.95. The van der Waals surface area contributed by atoms with E-state index in [2.05, 4.69) is 9.97 Å². The zero-order valence-corrected chi connectivity index (χ0v) is 17.4. The zero-order chi connectivity index (χ0) is 21.4. The molecule has 0 fully saturated rings. The number of pyridine rings is 1. The molecule has 0 saturated heterocycles. The molecule has 0 spiro atoms. The molecule has 152 valence electrons. The van der Waals surface area contributed by atoms with Gasteiger partial charge in [-0.15, -0.1) is 11.3 Å². The summed E-state index contributed by atoms with van der Waals surface area (Å²) in [7, 11) is 1.50. The first-order valence-electron chi connectivity index (χ1n) is 9.22. The maximum absolute atomic E-state index is 13.5. The Hall–Kier alpha value is -3.52. The number of ether oxygens (including phenoxy) is 1. The fraction of sp³-hybridized carbons (Fsp3) is 0.182. The molecule has 2 aromatic heterocycles. The number of carbonyl (C=O) groups excluding carboxylic acids is 2. The number of amides is 1. The van der Waals surface area contributed by atoms with E-state index < -0.39 is 23.5 Å². The van der Waals surface area contributed by atoms with Crippen molar-refractivity contribution in [2.75, 3.05) is 12.0 Å². The van der Waals surface area contributed by atoms with Crippen LogP contribution in [0.4, 0.5) is 5.69 Å². The summed E-state index contributed by atoms with van der Waals surface area (Å²) in [6.45, 7) is 3.55. The molecule has 0 radical (unpaired) electrons. The predicted molar refractivity (Wildman–Crippen MR) is 113 cm³/mol. The number of hydrogen-bond donors (Lipinski definition) is 1. The Morgan fingerprint density at radius 3 is 2.60 bits per heavy atom. The molecule has 3 heterocycles. The Labute approximate surface area is 177 Å². The third-order valence-corrected chi connectivity index (χ3v) is 5.98. The number of aliphatic hydroxyl groups excluding tert-OH is 1. The number of aliphatic hydroxyl groups is 1. The van der Waals surface area contributed by atoms with E-state index in [-0.39, 0.29) is 5.57 Å². The third kappa shape index (κ3) is 3.15. The van der Waals surface area contributed by atoms with E-state index in [4.69, 9.17) is 4.74 Å². The first kappa shape index (κ1) is 19.8. The number of hydrogen-bond acceptors (Lipinski definition) is 7. The van der Waals surface area contributed by atoms with Crippen LogP contribution in [0.25, 0.3) is 0 Å². The molecule has 1 aliphatic heterocycles. The van der Waals surface area contributed by atoms with Gasteiger partial charge in [-0.05, 0) is 37.6 Å². The van der Waals surface area contributed by atoms with Gasteiger partial charge in [0.2, 0.25) is 5.78 Å². The van der Waals surface area contributed by atoms with Crippen LogP contribution in [-0.4, -0.2) is 33.9 Å². The van der Waals surface area contributed by atoms with Gasteiger partial charge in [0, 0.05) is 12.4 Å². The Kier molecular flexibility index (Phi) is 5.09. The van der Waals surface area contributed by atoms with Crippen molar-refractivity contribution in [1.29, 1.82) is 0 Å². The van der Waals surface area contributed by atoms with Gasteiger partial charge in [-0.2, -0.15) is 0 Å². The van der Waals surface area contributed by atoms with E-state index >= 15 is 0 Å². The van der Waals surface area contributed by atoms with E-state index in [1.54, 1.807) is 55.7 Å². The smallest absolute Gasteiger partial charge is 0.294 e. The highest BCUT2D eigenvalue weighted by molar-refractivity contribution is 7.14. The summed E-state index contributed by atoms with van der Waals surface area (Å²) in [5, 5.41) is 11.5. The number of nitrogens with zero attached hydrogens (tertiary/aromatic N) is 3. The Morgan fingerprint density at radius 2 is 1.97 bits per heavy atom. The first-order valence-corrected chi connectivity index (χ1v) is 10.0. The molecule has 1 atom stereocenters. The van der Waals surface area contributed by atoms with Gasteiger partial charge in [0.15, 0.2) is 5.76 Å². The molecule has 8 heteroatoms. The summed E-state index contributed by atoms with van der Waals surface area (Å²) in [6.07, 6.45) is 3.19. The van der Waals surface area contributed by atoms with Crippen molar-refractivity contribution in [2.45, 2.75) is 19.9 Å². The number of methoxy groups -OCH3 is 1. The van der Waals surface area contributed by atoms with Crippen molar-refractivity contribution in [1.82, 2.24) is 9.97 Å². The number of thiazole rings is 1. The number of benzene rings is 1. The zero-order valence-electron chi connectivity index (χ0n) is 16.6. The average Bonchev–Trinajstić information content (AvgIpc) is 3.23. The van der Waals surface area contributed by atoms with Crippen LogP contribution in [0.1, 0.15) is 32.0 Å². The molecule has 0 aliphatic carbocycles. The van der Waals surface area contributed by atoms with E-state index in [0.29, 0.717) is 27.6 Å². The molecular formula is C22H19N3O4S. The van der Waals surface area contributed by atoms with Gasteiger partial charge < -0.3 is 9.84 Å². The van der Waals surface area contributed by atoms with Gasteiger partial charge in [-0.1, -0.05) is 18.2 Å². The fourth-order valence-electron chi connectivity index (χ4n) is 3.63. The van der Waals surface area contributed by atoms with Gasteiger partial charge in [-0.25, -0.2) is 4.98 Å². The number of aromatic nitrogens is 2. The highest BCUT2D eigenvalue weighted by Gasteiger charge is 2.46. The largest absolute Gasteiger partial charge is 0.503 e. The van der Waals surface area contributed by atoms with Crippen LogP contribution in [0, 0.1) is 13.8 Å². The summed E-state index contributed by atoms with van der Waals surface area (Å²) in [5.74, 6) is -1.22. The molecule has 7 nitrogen and oxygen atoms in total. The lowest BCUT2D eigenvalue weighted by Crippen LogP contribution is -2.31. The van der Waals surface area contributed by atoms with E-state index in [1.807, 2.05) is 6.92 Å². The molecule has 4 rings (SSSR count). The van der Waals surface area contributed by atoms with Crippen LogP contribution < -0.4 is 9.64 Å². The average molecular weight is 421 g/mol. The SMILES string of the molecule is COc1ccccc1N1C(=O)C(O)=C(C(=O)c2sc(C)nc2C)C1c1cccnc1. The Bertz CT molecular complexity index is 1170. The van der Waals surface area contributed by atoms with Gasteiger partial charge in [0.25, 0.3) is 5.91 Å². The summed E-state index contributed by atoms with van der Waals surface area (Å²) in [5.41, 5.74) is 1.62. The number of aryl methyl sites for hydroxylation is 2. The molecule has 3 aromatic rings. The highest BCUT2D eigenvalue weighted by atomic mass is 32.1. The fourth-order valence-corrected chi connectivity index (χ4v) is 4.51. The van der Waals surface area contributed by atoms with Crippen LogP contribution >= 0.6 is 11.3 Å². The van der Waals surface area contributed by atoms with Gasteiger partial charge in [0.05, 0.1) is 40.0 Å². The number of Topliss-reactive ketones (excluding diaryl/α,β-unsaturated/α-hetero) is 1. The molecular weight excluding hydrogens is 402 g/mol. The minimum absolute atomic E-state index is 0.00524. The summed E-state index contributed by atoms with van der Waals surface area (Å²) in [6, 6.07) is 9.62. The molecule has 1 aliphatic rings. The van der Waals surface area contributed by atoms with Gasteiger partial charge in [0.1, 0.15) is 5.75 Å². The Balaban J connectivity index is 1.91. The number of rotatable bonds is 5. The standard InChI is InChI=1S/C22H19N3O4S/c1-12-21(30-13(2)24-12)19(26)17-18(14-7-6-10-23-11-14)25(22(28)20(17)27)15-8-4-5-9-16(15)29-3/h4-11,18,27H,1-3H3. The molecule has 1 N–H and O–H groups in total. The van der Waals surface area contributed by atoms with Crippen molar-refractivity contribution in [2.24, 2.45) is 0 Å². The monoisotopic (exact) mass is 421 g/mol. The number of carbonyl (C=O) groups is 2. The lowest BCUT2D eigenvalue weighted by molar-refractivity contribution is -0.117. The lowest BCUT2D eigenvalue weighted by atomic mass is 9.96. The van der Waals surface area contributed by atoms with E-state index in [0.717, 1.165) is 5.01 Å². The molecule has 1 unspecified atom stereocenters. The highest BCUT2D eigenvalue weighted by Crippen LogP contribution is 2.45. The molecule has 1 amide bonds. The maximum Gasteiger partial charge on any atom is 0.294 e. The van der Waals surface area contributed by atoms with Crippen LogP contribution in [0.3, 0.4) is 0 Å². The Morgan fingerprint density at radius 1 is 1.20 bits per heavy atom. The maximum atomic E-state index is 13.5. The number of para-hydroxylation sites is 2. The van der Waals surface area contributed by atoms with Crippen LogP contribution in [0.5, 0.6) is 5.75 Å². The van der Waals surface area contributed by atoms with Crippen molar-refractivity contribution >= 4 is 28.7 Å². The number of ketones is 1. The second-order valence-electron chi connectivity index (χ2n) is 6.77. The third-order valence-electron chi connectivity index (χ3n) is 4.91. The second-order valence-corrected chi connectivity index (χ2v) is 7.98. The van der Waals surface area contributed by atoms with Crippen molar-refractivity contribution in [3.63, 3.8) is 0 Å². The second kappa shape index (κ2) is 7.72. The normalized spacial score (nSPS) is 16.3. The molecule has 30 heavy (non-hydrogen) atoms. The van der Waals surface area contributed by atoms with Gasteiger partial charge in [-0.3, -0.25) is 19.5 Å². The van der Waals surface area contributed by atoms with Crippen molar-refractivity contribution < 1.29 is 19.4 Å². The molecule has 0 saturated carbocycles. The van der Waals surface area contributed by atoms with E-state index in [1.165, 1.54) is 23.3 Å². The van der Waals surface area contributed by atoms with Crippen LogP contribution in [-0.2, 0) is 4.79 Å². The minimum Gasteiger partial charge on any atom is -0.503 e. The molecule has 1 aromatic carbocycles. The van der Waals surface area contributed by atoms with E-state index in [9.17, 15) is 14.7 Å². The van der Waals surface area contributed by atoms with Crippen molar-refractivity contribution in [3.05, 3.63) is 81.3 Å². The van der Waals surface area contributed by atoms with Crippen molar-refractivity contribution in [3.8, 4) is 5.75 Å². The van der Waals surface area contributed by atoms with Gasteiger partial charge >= 0.3 is 0 Å². The van der Waals surface area contributed by atoms with Crippen LogP contribution in [0.2, 0.25) is 0 Å². The summed E-state index contributed by atoms with van der Waals surface area (Å²) >= 11 is 1.24. The summed E-state index contributed by atoms with van der Waals surface area (Å²) < 4.78 is 5.43. The quantitative estimate of drug-likeness (QED) is 0.627. The minimum atomic E-state index is -0.850. The number of anilines is 1. The van der Waals surface area contributed by atoms with Crippen LogP contribution in [0.15, 0.2) is 60.1 Å². The lowest BCUT2D eigenvalue weighted by Gasteiger charge is -2.27. The topological polar surface area (TPSA) is 92.6 Å². The first-order chi connectivity index (χ1) is 14.4. The molecule has 0 bridgehead atoms. The summed E-state index contributed by atoms with van der Waals surface area (Å²) in [4.78, 5) is 36.9.